The van der Waals surface area contributed by atoms with Crippen LogP contribution in [0.5, 0.6) is 5.75 Å². The van der Waals surface area contributed by atoms with Crippen molar-refractivity contribution in [2.75, 3.05) is 6.61 Å². The third-order valence-electron chi connectivity index (χ3n) is 4.90. The van der Waals surface area contributed by atoms with E-state index >= 15 is 0 Å². The van der Waals surface area contributed by atoms with Crippen molar-refractivity contribution in [2.24, 2.45) is 0 Å². The van der Waals surface area contributed by atoms with E-state index < -0.39 is 18.3 Å². The maximum atomic E-state index is 11.0. The van der Waals surface area contributed by atoms with Crippen LogP contribution in [-0.2, 0) is 5.60 Å². The van der Waals surface area contributed by atoms with E-state index in [9.17, 15) is 10.2 Å². The summed E-state index contributed by atoms with van der Waals surface area (Å²) in [5.74, 6) is 0.634. The molecule has 0 heterocycles. The quantitative estimate of drug-likeness (QED) is 0.688. The lowest BCUT2D eigenvalue weighted by Gasteiger charge is -2.39. The fraction of sp³-hybridized carbons (Fsp3) is 0.250. The molecule has 27 heavy (non-hydrogen) atoms. The van der Waals surface area contributed by atoms with Crippen LogP contribution in [0.15, 0.2) is 72.8 Å². The highest BCUT2D eigenvalue weighted by molar-refractivity contribution is 5.42. The molecule has 2 N–H and O–H groups in total. The van der Waals surface area contributed by atoms with Gasteiger partial charge >= 0.3 is 0 Å². The number of ether oxygens (including phenoxy) is 1. The standard InChI is InChI=1S/C24H26O3/c1-17-4-10-20(11-5-17)24(23(26)16-25,21-12-6-18(2)7-13-21)27-22-14-8-19(3)9-15-22/h4-15,23,25-26H,16H2,1-3H3. The molecule has 3 aromatic carbocycles. The highest BCUT2D eigenvalue weighted by Gasteiger charge is 2.44. The molecule has 3 heteroatoms. The summed E-state index contributed by atoms with van der Waals surface area (Å²) in [7, 11) is 0. The number of aliphatic hydroxyl groups is 2. The van der Waals surface area contributed by atoms with Gasteiger partial charge in [0.05, 0.1) is 6.61 Å². The minimum absolute atomic E-state index is 0.423. The summed E-state index contributed by atoms with van der Waals surface area (Å²) in [4.78, 5) is 0. The Balaban J connectivity index is 2.21. The Morgan fingerprint density at radius 1 is 0.704 bits per heavy atom. The average molecular weight is 362 g/mol. The summed E-state index contributed by atoms with van der Waals surface area (Å²) in [6.45, 7) is 5.62. The van der Waals surface area contributed by atoms with E-state index in [4.69, 9.17) is 4.74 Å². The molecule has 0 saturated heterocycles. The van der Waals surface area contributed by atoms with Gasteiger partial charge in [0, 0.05) is 11.1 Å². The lowest BCUT2D eigenvalue weighted by molar-refractivity contribution is -0.0560. The Morgan fingerprint density at radius 3 is 1.44 bits per heavy atom. The maximum absolute atomic E-state index is 11.0. The largest absolute Gasteiger partial charge is 0.475 e. The minimum atomic E-state index is -1.22. The fourth-order valence-corrected chi connectivity index (χ4v) is 3.26. The Bertz CT molecular complexity index is 820. The zero-order valence-electron chi connectivity index (χ0n) is 16.0. The van der Waals surface area contributed by atoms with E-state index in [1.165, 1.54) is 0 Å². The molecular weight excluding hydrogens is 336 g/mol. The Labute approximate surface area is 160 Å². The smallest absolute Gasteiger partial charge is 0.187 e. The number of aryl methyl sites for hydroxylation is 3. The molecule has 0 aliphatic carbocycles. The van der Waals surface area contributed by atoms with Crippen molar-refractivity contribution >= 4 is 0 Å². The first kappa shape index (κ1) is 19.2. The summed E-state index contributed by atoms with van der Waals surface area (Å²) in [5.41, 5.74) is 3.72. The first-order valence-corrected chi connectivity index (χ1v) is 9.14. The monoisotopic (exact) mass is 362 g/mol. The molecule has 0 bridgehead atoms. The van der Waals surface area contributed by atoms with Crippen LogP contribution >= 0.6 is 0 Å². The van der Waals surface area contributed by atoms with Crippen molar-refractivity contribution in [3.05, 3.63) is 101 Å². The van der Waals surface area contributed by atoms with Crippen molar-refractivity contribution in [1.82, 2.24) is 0 Å². The summed E-state index contributed by atoms with van der Waals surface area (Å²) in [5, 5.41) is 20.8. The molecule has 0 aliphatic heterocycles. The van der Waals surface area contributed by atoms with Gasteiger partial charge in [0.15, 0.2) is 5.60 Å². The first-order chi connectivity index (χ1) is 13.0. The number of aliphatic hydroxyl groups excluding tert-OH is 2. The number of hydrogen-bond donors (Lipinski definition) is 2. The van der Waals surface area contributed by atoms with Gasteiger partial charge in [-0.1, -0.05) is 77.4 Å². The summed E-state index contributed by atoms with van der Waals surface area (Å²) < 4.78 is 6.45. The molecular formula is C24H26O3. The molecule has 0 fully saturated rings. The molecule has 0 saturated carbocycles. The molecule has 0 spiro atoms. The average Bonchev–Trinajstić information content (AvgIpc) is 2.68. The van der Waals surface area contributed by atoms with Crippen LogP contribution in [0.25, 0.3) is 0 Å². The molecule has 0 amide bonds. The van der Waals surface area contributed by atoms with Crippen LogP contribution in [0.1, 0.15) is 27.8 Å². The SMILES string of the molecule is Cc1ccc(OC(c2ccc(C)cc2)(c2ccc(C)cc2)C(O)CO)cc1. The predicted molar refractivity (Wildman–Crippen MR) is 108 cm³/mol. The predicted octanol–water partition coefficient (Wildman–Crippen LogP) is 4.29. The molecule has 0 radical (unpaired) electrons. The summed E-state index contributed by atoms with van der Waals surface area (Å²) in [6.07, 6.45) is -1.13. The van der Waals surface area contributed by atoms with Gasteiger partial charge in [0.2, 0.25) is 0 Å². The first-order valence-electron chi connectivity index (χ1n) is 9.14. The third kappa shape index (κ3) is 3.90. The second kappa shape index (κ2) is 7.95. The minimum Gasteiger partial charge on any atom is -0.475 e. The highest BCUT2D eigenvalue weighted by Crippen LogP contribution is 2.38. The van der Waals surface area contributed by atoms with Gasteiger partial charge in [-0.05, 0) is 32.9 Å². The second-order valence-corrected chi connectivity index (χ2v) is 7.08. The van der Waals surface area contributed by atoms with Gasteiger partial charge in [-0.2, -0.15) is 0 Å². The molecule has 0 aromatic heterocycles. The Kier molecular flexibility index (Phi) is 5.64. The molecule has 0 aliphatic rings. The van der Waals surface area contributed by atoms with Crippen LogP contribution in [0, 0.1) is 20.8 Å². The third-order valence-corrected chi connectivity index (χ3v) is 4.90. The lowest BCUT2D eigenvalue weighted by atomic mass is 9.80. The highest BCUT2D eigenvalue weighted by atomic mass is 16.5. The fourth-order valence-electron chi connectivity index (χ4n) is 3.26. The molecule has 3 aromatic rings. The lowest BCUT2D eigenvalue weighted by Crippen LogP contribution is -2.48. The molecule has 1 unspecified atom stereocenters. The van der Waals surface area contributed by atoms with Crippen molar-refractivity contribution in [3.8, 4) is 5.75 Å². The summed E-state index contributed by atoms with van der Waals surface area (Å²) >= 11 is 0. The van der Waals surface area contributed by atoms with Crippen molar-refractivity contribution in [2.45, 2.75) is 32.5 Å². The maximum Gasteiger partial charge on any atom is 0.187 e. The van der Waals surface area contributed by atoms with Gasteiger partial charge in [0.1, 0.15) is 11.9 Å². The molecule has 140 valence electrons. The molecule has 3 nitrogen and oxygen atoms in total. The topological polar surface area (TPSA) is 49.7 Å². The number of hydrogen-bond acceptors (Lipinski definition) is 3. The van der Waals surface area contributed by atoms with Gasteiger partial charge in [-0.25, -0.2) is 0 Å². The van der Waals surface area contributed by atoms with Gasteiger partial charge in [0.25, 0.3) is 0 Å². The van der Waals surface area contributed by atoms with E-state index in [1.54, 1.807) is 0 Å². The van der Waals surface area contributed by atoms with Crippen molar-refractivity contribution < 1.29 is 14.9 Å². The van der Waals surface area contributed by atoms with E-state index in [1.807, 2.05) is 93.6 Å². The molecule has 1 atom stereocenters. The number of rotatable bonds is 6. The van der Waals surface area contributed by atoms with Crippen LogP contribution in [0.2, 0.25) is 0 Å². The Morgan fingerprint density at radius 2 is 1.07 bits per heavy atom. The van der Waals surface area contributed by atoms with E-state index in [0.29, 0.717) is 5.75 Å². The van der Waals surface area contributed by atoms with E-state index in [0.717, 1.165) is 27.8 Å². The van der Waals surface area contributed by atoms with Gasteiger partial charge < -0.3 is 14.9 Å². The van der Waals surface area contributed by atoms with Crippen LogP contribution in [0.4, 0.5) is 0 Å². The zero-order chi connectivity index (χ0) is 19.4. The number of benzene rings is 3. The van der Waals surface area contributed by atoms with E-state index in [2.05, 4.69) is 0 Å². The van der Waals surface area contributed by atoms with Crippen LogP contribution in [0.3, 0.4) is 0 Å². The zero-order valence-corrected chi connectivity index (χ0v) is 16.0. The van der Waals surface area contributed by atoms with Crippen LogP contribution < -0.4 is 4.74 Å². The second-order valence-electron chi connectivity index (χ2n) is 7.08. The van der Waals surface area contributed by atoms with Crippen molar-refractivity contribution in [3.63, 3.8) is 0 Å². The van der Waals surface area contributed by atoms with E-state index in [-0.39, 0.29) is 0 Å². The van der Waals surface area contributed by atoms with Crippen molar-refractivity contribution in [1.29, 1.82) is 0 Å². The van der Waals surface area contributed by atoms with Gasteiger partial charge in [-0.3, -0.25) is 0 Å². The normalized spacial score (nSPS) is 12.6. The summed E-state index contributed by atoms with van der Waals surface area (Å²) in [6, 6.07) is 23.4. The Hall–Kier alpha value is -2.62. The van der Waals surface area contributed by atoms with Gasteiger partial charge in [-0.15, -0.1) is 0 Å². The molecule has 3 rings (SSSR count). The van der Waals surface area contributed by atoms with Crippen LogP contribution in [-0.4, -0.2) is 22.9 Å².